The summed E-state index contributed by atoms with van der Waals surface area (Å²) < 4.78 is 10.3. The molecule has 0 radical (unpaired) electrons. The Morgan fingerprint density at radius 1 is 1.21 bits per heavy atom. The lowest BCUT2D eigenvalue weighted by atomic mass is 10.2. The zero-order valence-corrected chi connectivity index (χ0v) is 10.2. The third kappa shape index (κ3) is 2.87. The van der Waals surface area contributed by atoms with Crippen molar-refractivity contribution in [2.45, 2.75) is 0 Å². The van der Waals surface area contributed by atoms with Gasteiger partial charge in [-0.3, -0.25) is 4.98 Å². The molecule has 1 heterocycles. The van der Waals surface area contributed by atoms with Crippen LogP contribution in [0.1, 0.15) is 15.9 Å². The van der Waals surface area contributed by atoms with Gasteiger partial charge in [0.1, 0.15) is 0 Å². The van der Waals surface area contributed by atoms with Crippen molar-refractivity contribution in [1.82, 2.24) is 4.98 Å². The molecule has 94 valence electrons. The molecule has 0 spiro atoms. The average molecular weight is 254 g/mol. The monoisotopic (exact) mass is 254 g/mol. The molecule has 0 unspecified atom stereocenters. The van der Waals surface area contributed by atoms with Gasteiger partial charge in [-0.2, -0.15) is 5.26 Å². The first-order chi connectivity index (χ1) is 9.24. The number of nitriles is 1. The minimum Gasteiger partial charge on any atom is -0.493 e. The molecule has 5 heteroatoms. The van der Waals surface area contributed by atoms with E-state index in [-0.39, 0.29) is 5.75 Å². The van der Waals surface area contributed by atoms with E-state index < -0.39 is 5.97 Å². The number of nitrogens with zero attached hydrogens (tertiary/aromatic N) is 2. The number of hydrogen-bond acceptors (Lipinski definition) is 5. The Bertz CT molecular complexity index is 633. The first-order valence-electron chi connectivity index (χ1n) is 5.45. The summed E-state index contributed by atoms with van der Waals surface area (Å²) in [7, 11) is 1.46. The lowest BCUT2D eigenvalue weighted by molar-refractivity contribution is 0.0729. The summed E-state index contributed by atoms with van der Waals surface area (Å²) in [6, 6.07) is 9.68. The number of benzene rings is 1. The maximum Gasteiger partial charge on any atom is 0.343 e. The van der Waals surface area contributed by atoms with Crippen LogP contribution < -0.4 is 9.47 Å². The molecule has 19 heavy (non-hydrogen) atoms. The summed E-state index contributed by atoms with van der Waals surface area (Å²) in [6.45, 7) is 0. The predicted octanol–water partition coefficient (Wildman–Crippen LogP) is 2.18. The van der Waals surface area contributed by atoms with Crippen LogP contribution >= 0.6 is 0 Å². The van der Waals surface area contributed by atoms with Crippen LogP contribution in [0.3, 0.4) is 0 Å². The molecule has 0 aliphatic rings. The second kappa shape index (κ2) is 5.65. The van der Waals surface area contributed by atoms with Crippen LogP contribution in [0, 0.1) is 11.3 Å². The van der Waals surface area contributed by atoms with Crippen LogP contribution in [0.2, 0.25) is 0 Å². The number of esters is 1. The predicted molar refractivity (Wildman–Crippen MR) is 66.9 cm³/mol. The largest absolute Gasteiger partial charge is 0.493 e. The van der Waals surface area contributed by atoms with Gasteiger partial charge in [-0.05, 0) is 24.3 Å². The van der Waals surface area contributed by atoms with E-state index in [9.17, 15) is 4.79 Å². The molecular formula is C14H10N2O3. The normalized spacial score (nSPS) is 9.47. The van der Waals surface area contributed by atoms with Crippen molar-refractivity contribution in [1.29, 1.82) is 5.26 Å². The number of pyridine rings is 1. The number of rotatable bonds is 3. The second-order valence-corrected chi connectivity index (χ2v) is 3.60. The van der Waals surface area contributed by atoms with Gasteiger partial charge in [-0.25, -0.2) is 4.79 Å². The van der Waals surface area contributed by atoms with Crippen molar-refractivity contribution in [3.63, 3.8) is 0 Å². The first kappa shape index (κ1) is 12.6. The number of hydrogen-bond donors (Lipinski definition) is 0. The minimum atomic E-state index is -0.532. The summed E-state index contributed by atoms with van der Waals surface area (Å²) in [6.07, 6.45) is 3.00. The van der Waals surface area contributed by atoms with Crippen molar-refractivity contribution in [2.24, 2.45) is 0 Å². The van der Waals surface area contributed by atoms with Crippen LogP contribution in [-0.4, -0.2) is 18.1 Å². The molecule has 1 aromatic heterocycles. The number of ether oxygens (including phenoxy) is 2. The Morgan fingerprint density at radius 3 is 2.58 bits per heavy atom. The van der Waals surface area contributed by atoms with Gasteiger partial charge in [0.05, 0.1) is 24.3 Å². The van der Waals surface area contributed by atoms with Gasteiger partial charge in [0, 0.05) is 18.5 Å². The molecule has 2 aromatic rings. The first-order valence-corrected chi connectivity index (χ1v) is 5.45. The smallest absolute Gasteiger partial charge is 0.343 e. The molecule has 5 nitrogen and oxygen atoms in total. The lowest BCUT2D eigenvalue weighted by Crippen LogP contribution is -2.09. The van der Waals surface area contributed by atoms with Crippen molar-refractivity contribution in [3.8, 4) is 17.6 Å². The Labute approximate surface area is 110 Å². The molecule has 0 aliphatic carbocycles. The molecule has 0 saturated heterocycles. The van der Waals surface area contributed by atoms with Crippen molar-refractivity contribution >= 4 is 5.97 Å². The molecule has 0 amide bonds. The van der Waals surface area contributed by atoms with Gasteiger partial charge in [0.2, 0.25) is 0 Å². The highest BCUT2D eigenvalue weighted by molar-refractivity contribution is 5.91. The fraction of sp³-hybridized carbons (Fsp3) is 0.0714. The third-order valence-corrected chi connectivity index (χ3v) is 2.41. The highest BCUT2D eigenvalue weighted by Gasteiger charge is 2.12. The van der Waals surface area contributed by atoms with E-state index in [1.165, 1.54) is 25.6 Å². The Morgan fingerprint density at radius 2 is 1.95 bits per heavy atom. The van der Waals surface area contributed by atoms with Gasteiger partial charge in [-0.15, -0.1) is 0 Å². The summed E-state index contributed by atoms with van der Waals surface area (Å²) in [5.41, 5.74) is 0.762. The van der Waals surface area contributed by atoms with Crippen molar-refractivity contribution in [3.05, 3.63) is 53.9 Å². The Hall–Kier alpha value is -2.87. The zero-order chi connectivity index (χ0) is 13.7. The number of aromatic nitrogens is 1. The standard InChI is InChI=1S/C14H10N2O3/c1-18-12-3-2-10(9-15)8-13(12)19-14(17)11-4-6-16-7-5-11/h2-8H,1H3. The minimum absolute atomic E-state index is 0.211. The van der Waals surface area contributed by atoms with E-state index in [1.54, 1.807) is 24.3 Å². The highest BCUT2D eigenvalue weighted by Crippen LogP contribution is 2.28. The molecule has 0 bridgehead atoms. The fourth-order valence-corrected chi connectivity index (χ4v) is 1.47. The van der Waals surface area contributed by atoms with Crippen LogP contribution in [0.5, 0.6) is 11.5 Å². The molecule has 0 atom stereocenters. The summed E-state index contributed by atoms with van der Waals surface area (Å²) in [5, 5.41) is 8.84. The average Bonchev–Trinajstić information content (AvgIpc) is 2.48. The van der Waals surface area contributed by atoms with Crippen molar-refractivity contribution < 1.29 is 14.3 Å². The highest BCUT2D eigenvalue weighted by atomic mass is 16.6. The van der Waals surface area contributed by atoms with Gasteiger partial charge >= 0.3 is 5.97 Å². The van der Waals surface area contributed by atoms with Crippen LogP contribution in [0.15, 0.2) is 42.7 Å². The molecule has 0 fully saturated rings. The van der Waals surface area contributed by atoms with Crippen molar-refractivity contribution in [2.75, 3.05) is 7.11 Å². The van der Waals surface area contributed by atoms with E-state index in [2.05, 4.69) is 4.98 Å². The van der Waals surface area contributed by atoms with Gasteiger partial charge < -0.3 is 9.47 Å². The van der Waals surface area contributed by atoms with E-state index in [0.29, 0.717) is 16.9 Å². The molecule has 0 N–H and O–H groups in total. The summed E-state index contributed by atoms with van der Waals surface area (Å²) in [4.78, 5) is 15.7. The number of carbonyl (C=O) groups excluding carboxylic acids is 1. The zero-order valence-electron chi connectivity index (χ0n) is 10.2. The van der Waals surface area contributed by atoms with Crippen LogP contribution in [-0.2, 0) is 0 Å². The maximum absolute atomic E-state index is 11.9. The fourth-order valence-electron chi connectivity index (χ4n) is 1.47. The third-order valence-electron chi connectivity index (χ3n) is 2.41. The molecule has 0 saturated carbocycles. The SMILES string of the molecule is COc1ccc(C#N)cc1OC(=O)c1ccncc1. The van der Waals surface area contributed by atoms with E-state index in [4.69, 9.17) is 14.7 Å². The quantitative estimate of drug-likeness (QED) is 0.620. The number of methoxy groups -OCH3 is 1. The molecular weight excluding hydrogens is 244 g/mol. The van der Waals surface area contributed by atoms with Crippen LogP contribution in [0.25, 0.3) is 0 Å². The Balaban J connectivity index is 2.28. The maximum atomic E-state index is 11.9. The van der Waals surface area contributed by atoms with E-state index in [1.807, 2.05) is 6.07 Å². The second-order valence-electron chi connectivity index (χ2n) is 3.60. The molecule has 1 aromatic carbocycles. The van der Waals surface area contributed by atoms with E-state index >= 15 is 0 Å². The topological polar surface area (TPSA) is 72.2 Å². The Kier molecular flexibility index (Phi) is 3.74. The molecule has 2 rings (SSSR count). The summed E-state index contributed by atoms with van der Waals surface area (Å²) >= 11 is 0. The van der Waals surface area contributed by atoms with Crippen LogP contribution in [0.4, 0.5) is 0 Å². The van der Waals surface area contributed by atoms with Gasteiger partial charge in [-0.1, -0.05) is 0 Å². The number of carbonyl (C=O) groups is 1. The van der Waals surface area contributed by atoms with E-state index in [0.717, 1.165) is 0 Å². The van der Waals surface area contributed by atoms with Gasteiger partial charge in [0.15, 0.2) is 11.5 Å². The molecule has 0 aliphatic heterocycles. The van der Waals surface area contributed by atoms with Gasteiger partial charge in [0.25, 0.3) is 0 Å². The summed E-state index contributed by atoms with van der Waals surface area (Å²) in [5.74, 6) is 0.0700. The lowest BCUT2D eigenvalue weighted by Gasteiger charge is -2.09.